The molecule has 1 aromatic heterocycles. The lowest BCUT2D eigenvalue weighted by Gasteiger charge is -2.20. The van der Waals surface area contributed by atoms with Crippen LogP contribution >= 0.6 is 0 Å². The highest BCUT2D eigenvalue weighted by molar-refractivity contribution is 6.05. The summed E-state index contributed by atoms with van der Waals surface area (Å²) in [5.74, 6) is 0.0897. The SMILES string of the molecule is CC(=O)N1c2ccc(C(=O)n3c4c(c5ccccc53)CCCC4)cc2CC1C. The van der Waals surface area contributed by atoms with Crippen LogP contribution < -0.4 is 4.90 Å². The first-order valence-corrected chi connectivity index (χ1v) is 10.1. The predicted molar refractivity (Wildman–Crippen MR) is 111 cm³/mol. The zero-order valence-corrected chi connectivity index (χ0v) is 16.4. The van der Waals surface area contributed by atoms with Crippen molar-refractivity contribution in [1.29, 1.82) is 0 Å². The second-order valence-corrected chi connectivity index (χ2v) is 8.08. The molecule has 0 saturated carbocycles. The Morgan fingerprint density at radius 2 is 1.82 bits per heavy atom. The molecular formula is C24H24N2O2. The molecular weight excluding hydrogens is 348 g/mol. The van der Waals surface area contributed by atoms with E-state index in [1.807, 2.05) is 33.7 Å². The highest BCUT2D eigenvalue weighted by Gasteiger charge is 2.30. The average Bonchev–Trinajstić information content (AvgIpc) is 3.21. The number of carbonyl (C=O) groups excluding carboxylic acids is 2. The minimum Gasteiger partial charge on any atom is -0.309 e. The number of rotatable bonds is 1. The van der Waals surface area contributed by atoms with Crippen molar-refractivity contribution in [1.82, 2.24) is 4.57 Å². The number of hydrogen-bond acceptors (Lipinski definition) is 2. The molecule has 2 heterocycles. The summed E-state index contributed by atoms with van der Waals surface area (Å²) < 4.78 is 1.94. The molecule has 5 rings (SSSR count). The molecule has 1 unspecified atom stereocenters. The van der Waals surface area contributed by atoms with Crippen LogP contribution in [0.3, 0.4) is 0 Å². The third-order valence-electron chi connectivity index (χ3n) is 6.26. The molecule has 1 amide bonds. The highest BCUT2D eigenvalue weighted by atomic mass is 16.2. The van der Waals surface area contributed by atoms with Gasteiger partial charge in [0.15, 0.2) is 0 Å². The Bertz CT molecular complexity index is 1130. The highest BCUT2D eigenvalue weighted by Crippen LogP contribution is 2.35. The molecule has 1 aliphatic heterocycles. The number of aryl methyl sites for hydroxylation is 1. The number of amides is 1. The summed E-state index contributed by atoms with van der Waals surface area (Å²) in [6.07, 6.45) is 5.11. The Hall–Kier alpha value is -2.88. The van der Waals surface area contributed by atoms with Crippen LogP contribution in [-0.2, 0) is 24.1 Å². The summed E-state index contributed by atoms with van der Waals surface area (Å²) in [5, 5.41) is 1.21. The fourth-order valence-electron chi connectivity index (χ4n) is 5.10. The predicted octanol–water partition coefficient (Wildman–Crippen LogP) is 4.51. The molecule has 0 radical (unpaired) electrons. The van der Waals surface area contributed by atoms with Gasteiger partial charge in [-0.15, -0.1) is 0 Å². The van der Waals surface area contributed by atoms with Gasteiger partial charge >= 0.3 is 0 Å². The molecule has 142 valence electrons. The second kappa shape index (κ2) is 6.33. The molecule has 1 aliphatic carbocycles. The van der Waals surface area contributed by atoms with E-state index in [0.29, 0.717) is 5.56 Å². The van der Waals surface area contributed by atoms with E-state index < -0.39 is 0 Å². The third kappa shape index (κ3) is 2.44. The van der Waals surface area contributed by atoms with Crippen LogP contribution in [0.1, 0.15) is 53.9 Å². The van der Waals surface area contributed by atoms with Gasteiger partial charge in [0.2, 0.25) is 5.91 Å². The van der Waals surface area contributed by atoms with Crippen molar-refractivity contribution in [2.45, 2.75) is 52.0 Å². The van der Waals surface area contributed by atoms with Gasteiger partial charge in [-0.2, -0.15) is 0 Å². The van der Waals surface area contributed by atoms with Crippen molar-refractivity contribution in [2.75, 3.05) is 4.90 Å². The molecule has 0 saturated heterocycles. The fourth-order valence-corrected chi connectivity index (χ4v) is 5.10. The van der Waals surface area contributed by atoms with Crippen LogP contribution in [0.15, 0.2) is 42.5 Å². The molecule has 0 bridgehead atoms. The van der Waals surface area contributed by atoms with E-state index in [2.05, 4.69) is 25.1 Å². The number of anilines is 1. The quantitative estimate of drug-likeness (QED) is 0.631. The van der Waals surface area contributed by atoms with Gasteiger partial charge in [0.05, 0.1) is 5.52 Å². The maximum absolute atomic E-state index is 13.6. The molecule has 4 heteroatoms. The molecule has 28 heavy (non-hydrogen) atoms. The smallest absolute Gasteiger partial charge is 0.262 e. The van der Waals surface area contributed by atoms with Gasteiger partial charge in [-0.05, 0) is 74.4 Å². The van der Waals surface area contributed by atoms with Gasteiger partial charge in [-0.25, -0.2) is 0 Å². The van der Waals surface area contributed by atoms with E-state index in [4.69, 9.17) is 0 Å². The first-order chi connectivity index (χ1) is 13.6. The molecule has 2 aromatic carbocycles. The second-order valence-electron chi connectivity index (χ2n) is 8.08. The number of fused-ring (bicyclic) bond motifs is 4. The van der Waals surface area contributed by atoms with Gasteiger partial charge in [-0.3, -0.25) is 14.2 Å². The lowest BCUT2D eigenvalue weighted by Crippen LogP contribution is -2.33. The van der Waals surface area contributed by atoms with Crippen LogP contribution in [0.5, 0.6) is 0 Å². The lowest BCUT2D eigenvalue weighted by atomic mass is 9.95. The summed E-state index contributed by atoms with van der Waals surface area (Å²) in [7, 11) is 0. The van der Waals surface area contributed by atoms with E-state index in [0.717, 1.165) is 42.5 Å². The van der Waals surface area contributed by atoms with Crippen molar-refractivity contribution < 1.29 is 9.59 Å². The lowest BCUT2D eigenvalue weighted by molar-refractivity contribution is -0.116. The van der Waals surface area contributed by atoms with Gasteiger partial charge in [-0.1, -0.05) is 18.2 Å². The van der Waals surface area contributed by atoms with E-state index in [9.17, 15) is 9.59 Å². The van der Waals surface area contributed by atoms with Crippen molar-refractivity contribution in [3.63, 3.8) is 0 Å². The Labute approximate surface area is 164 Å². The number of aromatic nitrogens is 1. The van der Waals surface area contributed by atoms with Crippen molar-refractivity contribution in [3.8, 4) is 0 Å². The monoisotopic (exact) mass is 372 g/mol. The molecule has 0 fully saturated rings. The van der Waals surface area contributed by atoms with Crippen LogP contribution in [0.2, 0.25) is 0 Å². The Balaban J connectivity index is 1.62. The average molecular weight is 372 g/mol. The summed E-state index contributed by atoms with van der Waals surface area (Å²) in [6.45, 7) is 3.65. The van der Waals surface area contributed by atoms with E-state index in [1.54, 1.807) is 6.92 Å². The molecule has 4 nitrogen and oxygen atoms in total. The summed E-state index contributed by atoms with van der Waals surface area (Å²) in [6, 6.07) is 14.2. The zero-order valence-electron chi connectivity index (χ0n) is 16.4. The molecule has 1 atom stereocenters. The third-order valence-corrected chi connectivity index (χ3v) is 6.26. The van der Waals surface area contributed by atoms with Crippen molar-refractivity contribution in [3.05, 3.63) is 64.8 Å². The molecule has 3 aromatic rings. The van der Waals surface area contributed by atoms with Gasteiger partial charge in [0.25, 0.3) is 5.91 Å². The minimum absolute atomic E-state index is 0.0380. The normalized spacial score (nSPS) is 18.2. The number of carbonyl (C=O) groups is 2. The Morgan fingerprint density at radius 3 is 2.64 bits per heavy atom. The van der Waals surface area contributed by atoms with E-state index >= 15 is 0 Å². The maximum Gasteiger partial charge on any atom is 0.262 e. The van der Waals surface area contributed by atoms with E-state index in [1.165, 1.54) is 23.1 Å². The molecule has 0 N–H and O–H groups in total. The summed E-state index contributed by atoms with van der Waals surface area (Å²) in [5.41, 5.74) is 6.25. The van der Waals surface area contributed by atoms with Crippen molar-refractivity contribution >= 4 is 28.4 Å². The fraction of sp³-hybridized carbons (Fsp3) is 0.333. The largest absolute Gasteiger partial charge is 0.309 e. The molecule has 2 aliphatic rings. The van der Waals surface area contributed by atoms with Crippen LogP contribution in [-0.4, -0.2) is 22.4 Å². The first kappa shape index (κ1) is 17.2. The van der Waals surface area contributed by atoms with Crippen LogP contribution in [0, 0.1) is 0 Å². The standard InChI is InChI=1S/C24H24N2O2/c1-15-13-18-14-17(11-12-21(18)25(15)16(2)27)24(28)26-22-9-5-3-7-19(22)20-8-4-6-10-23(20)26/h3,5,7,9,11-12,14-15H,4,6,8,10,13H2,1-2H3. The van der Waals surface area contributed by atoms with Gasteiger partial charge in [0.1, 0.15) is 0 Å². The van der Waals surface area contributed by atoms with Gasteiger partial charge < -0.3 is 4.90 Å². The van der Waals surface area contributed by atoms with Crippen molar-refractivity contribution in [2.24, 2.45) is 0 Å². The summed E-state index contributed by atoms with van der Waals surface area (Å²) in [4.78, 5) is 27.4. The number of nitrogens with zero attached hydrogens (tertiary/aromatic N) is 2. The Morgan fingerprint density at radius 1 is 1.04 bits per heavy atom. The zero-order chi connectivity index (χ0) is 19.4. The first-order valence-electron chi connectivity index (χ1n) is 10.1. The number of hydrogen-bond donors (Lipinski definition) is 0. The van der Waals surface area contributed by atoms with Crippen LogP contribution in [0.25, 0.3) is 10.9 Å². The maximum atomic E-state index is 13.6. The minimum atomic E-state index is 0.0380. The number of para-hydroxylation sites is 1. The van der Waals surface area contributed by atoms with Gasteiger partial charge in [0, 0.05) is 35.3 Å². The van der Waals surface area contributed by atoms with Crippen LogP contribution in [0.4, 0.5) is 5.69 Å². The summed E-state index contributed by atoms with van der Waals surface area (Å²) >= 11 is 0. The molecule has 0 spiro atoms. The van der Waals surface area contributed by atoms with E-state index in [-0.39, 0.29) is 17.9 Å². The number of benzene rings is 2. The Kier molecular flexibility index (Phi) is 3.90. The topological polar surface area (TPSA) is 42.3 Å².